The van der Waals surface area contributed by atoms with E-state index in [0.717, 1.165) is 61.7 Å². The van der Waals surface area contributed by atoms with Gasteiger partial charge in [-0.1, -0.05) is 97.1 Å². The lowest BCUT2D eigenvalue weighted by Crippen LogP contribution is -2.32. The molecule has 0 saturated heterocycles. The number of fused-ring (bicyclic) bond motifs is 4. The van der Waals surface area contributed by atoms with Crippen LogP contribution in [0.4, 0.5) is 0 Å². The molecule has 0 radical (unpaired) electrons. The van der Waals surface area contributed by atoms with Crippen molar-refractivity contribution in [1.82, 2.24) is 4.98 Å². The smallest absolute Gasteiger partial charge is 0.140 e. The van der Waals surface area contributed by atoms with Crippen molar-refractivity contribution in [1.29, 1.82) is 0 Å². The fraction of sp³-hybridized carbons (Fsp3) is 0. The summed E-state index contributed by atoms with van der Waals surface area (Å²) in [7, 11) is -0.896. The third kappa shape index (κ3) is 4.52. The summed E-state index contributed by atoms with van der Waals surface area (Å²) >= 11 is 0. The first-order valence-corrected chi connectivity index (χ1v) is 16.4. The average Bonchev–Trinajstić information content (AvgIpc) is 3.12. The molecule has 4 heteroatoms. The summed E-state index contributed by atoms with van der Waals surface area (Å²) in [6, 6.07) is 51.3. The molecular weight excluding hydrogens is 569 g/mol. The highest BCUT2D eigenvalue weighted by molar-refractivity contribution is 7.80. The highest BCUT2D eigenvalue weighted by Crippen LogP contribution is 2.54. The van der Waals surface area contributed by atoms with Crippen LogP contribution in [0.5, 0.6) is 23.0 Å². The number of aromatic nitrogens is 1. The van der Waals surface area contributed by atoms with Gasteiger partial charge in [0.15, 0.2) is 0 Å². The molecule has 0 N–H and O–H groups in total. The fourth-order valence-corrected chi connectivity index (χ4v) is 8.84. The summed E-state index contributed by atoms with van der Waals surface area (Å²) < 4.78 is 13.6. The zero-order chi connectivity index (χ0) is 29.7. The summed E-state index contributed by atoms with van der Waals surface area (Å²) in [5, 5.41) is 3.56. The van der Waals surface area contributed by atoms with Crippen LogP contribution in [0.15, 0.2) is 158 Å². The average molecular weight is 596 g/mol. The number of hydrogen-bond acceptors (Lipinski definition) is 3. The van der Waals surface area contributed by atoms with Gasteiger partial charge in [-0.15, -0.1) is 0 Å². The molecule has 0 fully saturated rings. The molecule has 0 unspecified atom stereocenters. The van der Waals surface area contributed by atoms with E-state index in [-0.39, 0.29) is 0 Å². The standard InChI is InChI=1S/C41H26NO2P/c1-3-9-27(10-4-1)31-16-18-39-35(22-31)43-37-24-34(30-14-7-13-29(21-30)33-15-8-20-42-26-33)25-38-41(37)45(39)40-19-17-32(23-36(40)44-38)28-11-5-2-6-12-28/h1-26H. The molecule has 0 saturated carbocycles. The minimum Gasteiger partial charge on any atom is -0.456 e. The number of ether oxygens (including phenoxy) is 2. The topological polar surface area (TPSA) is 31.4 Å². The van der Waals surface area contributed by atoms with Crippen LogP contribution in [0.25, 0.3) is 44.5 Å². The van der Waals surface area contributed by atoms with Crippen molar-refractivity contribution in [3.05, 3.63) is 158 Å². The molecule has 0 spiro atoms. The molecule has 0 bridgehead atoms. The first-order chi connectivity index (χ1) is 22.3. The summed E-state index contributed by atoms with van der Waals surface area (Å²) in [4.78, 5) is 4.33. The van der Waals surface area contributed by atoms with E-state index in [1.165, 1.54) is 21.7 Å². The number of pyridine rings is 1. The normalized spacial score (nSPS) is 12.7. The maximum absolute atomic E-state index is 6.80. The van der Waals surface area contributed by atoms with Crippen LogP contribution in [0.1, 0.15) is 0 Å². The van der Waals surface area contributed by atoms with Crippen LogP contribution in [0, 0.1) is 0 Å². The summed E-state index contributed by atoms with van der Waals surface area (Å²) in [6.07, 6.45) is 3.70. The molecule has 2 aliphatic rings. The van der Waals surface area contributed by atoms with Crippen LogP contribution < -0.4 is 25.4 Å². The van der Waals surface area contributed by atoms with Gasteiger partial charge in [0.05, 0.1) is 5.30 Å². The Morgan fingerprint density at radius 3 is 1.42 bits per heavy atom. The summed E-state index contributed by atoms with van der Waals surface area (Å²) in [5.74, 6) is 3.52. The van der Waals surface area contributed by atoms with Gasteiger partial charge in [-0.25, -0.2) is 0 Å². The molecule has 3 nitrogen and oxygen atoms in total. The van der Waals surface area contributed by atoms with Crippen molar-refractivity contribution < 1.29 is 9.47 Å². The van der Waals surface area contributed by atoms with Crippen molar-refractivity contribution in [2.45, 2.75) is 0 Å². The van der Waals surface area contributed by atoms with Crippen molar-refractivity contribution >= 4 is 23.8 Å². The lowest BCUT2D eigenvalue weighted by atomic mass is 9.99. The fourth-order valence-electron chi connectivity index (χ4n) is 6.33. The monoisotopic (exact) mass is 595 g/mol. The van der Waals surface area contributed by atoms with Gasteiger partial charge in [-0.3, -0.25) is 4.98 Å². The molecule has 1 aromatic heterocycles. The molecule has 45 heavy (non-hydrogen) atoms. The maximum Gasteiger partial charge on any atom is 0.140 e. The predicted molar refractivity (Wildman–Crippen MR) is 185 cm³/mol. The van der Waals surface area contributed by atoms with Gasteiger partial charge in [-0.05, 0) is 87.5 Å². The molecule has 212 valence electrons. The van der Waals surface area contributed by atoms with E-state index >= 15 is 0 Å². The number of rotatable bonds is 4. The zero-order valence-corrected chi connectivity index (χ0v) is 25.1. The zero-order valence-electron chi connectivity index (χ0n) is 24.2. The van der Waals surface area contributed by atoms with Gasteiger partial charge in [0.25, 0.3) is 0 Å². The van der Waals surface area contributed by atoms with Crippen molar-refractivity contribution in [2.75, 3.05) is 0 Å². The van der Waals surface area contributed by atoms with E-state index in [2.05, 4.69) is 132 Å². The SMILES string of the molecule is c1ccc(-c2ccc3c(c2)Oc2cc(-c4cccc(-c5cccnc5)c4)cc4c2P3c2ccc(-c3ccccc3)cc2O4)cc1. The van der Waals surface area contributed by atoms with Gasteiger partial charge < -0.3 is 9.47 Å². The number of hydrogen-bond donors (Lipinski definition) is 0. The van der Waals surface area contributed by atoms with Crippen molar-refractivity contribution in [3.8, 4) is 67.5 Å². The second-order valence-corrected chi connectivity index (χ2v) is 13.4. The molecule has 0 atom stereocenters. The van der Waals surface area contributed by atoms with E-state index in [1.54, 1.807) is 6.20 Å². The Morgan fingerprint density at radius 1 is 0.378 bits per heavy atom. The van der Waals surface area contributed by atoms with E-state index in [4.69, 9.17) is 9.47 Å². The predicted octanol–water partition coefficient (Wildman–Crippen LogP) is 9.72. The second-order valence-electron chi connectivity index (χ2n) is 11.3. The molecule has 3 heterocycles. The number of benzene rings is 6. The van der Waals surface area contributed by atoms with Crippen LogP contribution in [0.2, 0.25) is 0 Å². The quantitative estimate of drug-likeness (QED) is 0.190. The Bertz CT molecular complexity index is 2100. The van der Waals surface area contributed by atoms with E-state index in [0.29, 0.717) is 0 Å². The molecule has 7 aromatic rings. The highest BCUT2D eigenvalue weighted by atomic mass is 31.1. The van der Waals surface area contributed by atoms with Crippen molar-refractivity contribution in [3.63, 3.8) is 0 Å². The Hall–Kier alpha value is -5.50. The van der Waals surface area contributed by atoms with Gasteiger partial charge in [0.2, 0.25) is 0 Å². The van der Waals surface area contributed by atoms with Crippen LogP contribution in [-0.2, 0) is 0 Å². The van der Waals surface area contributed by atoms with E-state index < -0.39 is 7.92 Å². The Balaban J connectivity index is 1.22. The molecule has 0 amide bonds. The molecule has 0 aliphatic carbocycles. The Kier molecular flexibility index (Phi) is 6.11. The van der Waals surface area contributed by atoms with Crippen LogP contribution >= 0.6 is 7.92 Å². The van der Waals surface area contributed by atoms with Gasteiger partial charge in [0, 0.05) is 36.5 Å². The second kappa shape index (κ2) is 10.6. The van der Waals surface area contributed by atoms with E-state index in [1.807, 2.05) is 24.4 Å². The molecular formula is C41H26NO2P. The Labute approximate surface area is 263 Å². The maximum atomic E-state index is 6.80. The van der Waals surface area contributed by atoms with Gasteiger partial charge >= 0.3 is 0 Å². The van der Waals surface area contributed by atoms with Gasteiger partial charge in [0.1, 0.15) is 23.0 Å². The third-order valence-electron chi connectivity index (χ3n) is 8.51. The van der Waals surface area contributed by atoms with E-state index in [9.17, 15) is 0 Å². The van der Waals surface area contributed by atoms with Crippen LogP contribution in [0.3, 0.4) is 0 Å². The van der Waals surface area contributed by atoms with Crippen molar-refractivity contribution in [2.24, 2.45) is 0 Å². The lowest BCUT2D eigenvalue weighted by Gasteiger charge is -2.35. The molecule has 2 aliphatic heterocycles. The molecule has 6 aromatic carbocycles. The first-order valence-electron chi connectivity index (χ1n) is 15.0. The van der Waals surface area contributed by atoms with Gasteiger partial charge in [-0.2, -0.15) is 0 Å². The lowest BCUT2D eigenvalue weighted by molar-refractivity contribution is 0.467. The summed E-state index contributed by atoms with van der Waals surface area (Å²) in [6.45, 7) is 0. The summed E-state index contributed by atoms with van der Waals surface area (Å²) in [5.41, 5.74) is 8.97. The highest BCUT2D eigenvalue weighted by Gasteiger charge is 2.37. The Morgan fingerprint density at radius 2 is 0.867 bits per heavy atom. The first kappa shape index (κ1) is 25.9. The minimum atomic E-state index is -0.896. The van der Waals surface area contributed by atoms with Crippen LogP contribution in [-0.4, -0.2) is 4.98 Å². The third-order valence-corrected chi connectivity index (χ3v) is 11.1. The minimum absolute atomic E-state index is 0.857. The largest absolute Gasteiger partial charge is 0.456 e. The molecule has 9 rings (SSSR count). The number of nitrogens with zero attached hydrogens (tertiary/aromatic N) is 1.